The van der Waals surface area contributed by atoms with Gasteiger partial charge in [-0.15, -0.1) is 0 Å². The van der Waals surface area contributed by atoms with E-state index in [1.165, 1.54) is 5.56 Å². The van der Waals surface area contributed by atoms with Crippen molar-refractivity contribution < 1.29 is 9.53 Å². The second kappa shape index (κ2) is 9.39. The summed E-state index contributed by atoms with van der Waals surface area (Å²) in [5, 5.41) is 0.432. The third-order valence-electron chi connectivity index (χ3n) is 4.15. The number of benzene rings is 2. The van der Waals surface area contributed by atoms with Gasteiger partial charge in [0.1, 0.15) is 0 Å². The third-order valence-corrected chi connectivity index (χ3v) is 4.45. The number of hydrogen-bond donors (Lipinski definition) is 0. The number of aryl methyl sites for hydroxylation is 2. The summed E-state index contributed by atoms with van der Waals surface area (Å²) in [5.41, 5.74) is 4.26. The number of carbonyl (C=O) groups is 1. The largest absolute Gasteiger partial charge is 0.462 e. The summed E-state index contributed by atoms with van der Waals surface area (Å²) in [4.78, 5) is 18.7. The normalized spacial score (nSPS) is 11.0. The van der Waals surface area contributed by atoms with Crippen molar-refractivity contribution in [2.45, 2.75) is 27.2 Å². The maximum atomic E-state index is 12.4. The van der Waals surface area contributed by atoms with Crippen molar-refractivity contribution in [3.63, 3.8) is 0 Å². The minimum atomic E-state index is -0.363. The van der Waals surface area contributed by atoms with Gasteiger partial charge in [0, 0.05) is 20.0 Å². The topological polar surface area (TPSA) is 41.9 Å². The first-order valence-electron chi connectivity index (χ1n) is 8.68. The number of nitrogens with zero attached hydrogens (tertiary/aromatic N) is 2. The summed E-state index contributed by atoms with van der Waals surface area (Å²) in [7, 11) is 1.93. The summed E-state index contributed by atoms with van der Waals surface area (Å²) >= 11 is 6.28. The van der Waals surface area contributed by atoms with E-state index in [0.717, 1.165) is 17.7 Å². The Balaban J connectivity index is 2.01. The lowest BCUT2D eigenvalue weighted by Crippen LogP contribution is -2.14. The zero-order chi connectivity index (χ0) is 19.1. The smallest absolute Gasteiger partial charge is 0.338 e. The van der Waals surface area contributed by atoms with Crippen LogP contribution in [0.15, 0.2) is 41.4 Å². The van der Waals surface area contributed by atoms with Crippen molar-refractivity contribution >= 4 is 29.6 Å². The number of hydrogen-bond acceptors (Lipinski definition) is 3. The fourth-order valence-corrected chi connectivity index (χ4v) is 2.53. The Labute approximate surface area is 160 Å². The lowest BCUT2D eigenvalue weighted by Gasteiger charge is -2.11. The van der Waals surface area contributed by atoms with Gasteiger partial charge in [-0.05, 0) is 44.0 Å². The molecule has 2 aromatic rings. The van der Waals surface area contributed by atoms with Crippen molar-refractivity contribution in [2.75, 3.05) is 20.2 Å². The summed E-state index contributed by atoms with van der Waals surface area (Å²) in [6.07, 6.45) is 2.41. The molecule has 0 radical (unpaired) electrons. The predicted molar refractivity (Wildman–Crippen MR) is 108 cm³/mol. The highest BCUT2D eigenvalue weighted by molar-refractivity contribution is 6.33. The van der Waals surface area contributed by atoms with Crippen LogP contribution in [0.3, 0.4) is 0 Å². The van der Waals surface area contributed by atoms with Gasteiger partial charge in [-0.3, -0.25) is 0 Å². The van der Waals surface area contributed by atoms with E-state index in [9.17, 15) is 4.79 Å². The van der Waals surface area contributed by atoms with Crippen molar-refractivity contribution in [1.82, 2.24) is 4.90 Å². The second-order valence-corrected chi connectivity index (χ2v) is 6.72. The Kier molecular flexibility index (Phi) is 7.22. The molecule has 0 bridgehead atoms. The minimum Gasteiger partial charge on any atom is -0.462 e. The number of carbonyl (C=O) groups excluding carboxylic acids is 1. The molecule has 0 aliphatic carbocycles. The molecule has 4 nitrogen and oxygen atoms in total. The third kappa shape index (κ3) is 5.60. The van der Waals surface area contributed by atoms with Crippen LogP contribution in [0.25, 0.3) is 0 Å². The zero-order valence-corrected chi connectivity index (χ0v) is 16.5. The molecule has 2 aromatic carbocycles. The standard InChI is InChI=1S/C21H25ClN2O2/c1-5-24(4)14-23-20-12-16(3)18(13-19(20)22)21(25)26-11-10-17-8-6-15(2)7-9-17/h6-9,12-14H,5,10-11H2,1-4H3. The number of ether oxygens (including phenoxy) is 1. The lowest BCUT2D eigenvalue weighted by molar-refractivity contribution is 0.0508. The van der Waals surface area contributed by atoms with Crippen LogP contribution in [-0.2, 0) is 11.2 Å². The van der Waals surface area contributed by atoms with Gasteiger partial charge in [0.05, 0.1) is 29.2 Å². The molecule has 0 amide bonds. The van der Waals surface area contributed by atoms with Crippen molar-refractivity contribution in [3.8, 4) is 0 Å². The molecule has 0 N–H and O–H groups in total. The van der Waals surface area contributed by atoms with E-state index in [0.29, 0.717) is 29.3 Å². The Morgan fingerprint density at radius 2 is 1.92 bits per heavy atom. The number of aliphatic imine (C=N–C) groups is 1. The van der Waals surface area contributed by atoms with Crippen LogP contribution >= 0.6 is 11.6 Å². The van der Waals surface area contributed by atoms with Gasteiger partial charge in [0.25, 0.3) is 0 Å². The Morgan fingerprint density at radius 1 is 1.23 bits per heavy atom. The fraction of sp³-hybridized carbons (Fsp3) is 0.333. The molecule has 0 heterocycles. The molecule has 0 aromatic heterocycles. The van der Waals surface area contributed by atoms with Crippen LogP contribution in [0.4, 0.5) is 5.69 Å². The van der Waals surface area contributed by atoms with Crippen LogP contribution in [0.5, 0.6) is 0 Å². The molecule has 26 heavy (non-hydrogen) atoms. The Hall–Kier alpha value is -2.33. The van der Waals surface area contributed by atoms with Crippen LogP contribution in [0.2, 0.25) is 5.02 Å². The van der Waals surface area contributed by atoms with Gasteiger partial charge >= 0.3 is 5.97 Å². The summed E-state index contributed by atoms with van der Waals surface area (Å²) in [6.45, 7) is 7.13. The highest BCUT2D eigenvalue weighted by Gasteiger charge is 2.14. The highest BCUT2D eigenvalue weighted by atomic mass is 35.5. The first-order chi connectivity index (χ1) is 12.4. The molecule has 5 heteroatoms. The number of rotatable bonds is 7. The SMILES string of the molecule is CCN(C)C=Nc1cc(C)c(C(=O)OCCc2ccc(C)cc2)cc1Cl. The van der Waals surface area contributed by atoms with Gasteiger partial charge in [0.2, 0.25) is 0 Å². The summed E-state index contributed by atoms with van der Waals surface area (Å²) in [5.74, 6) is -0.363. The van der Waals surface area contributed by atoms with E-state index in [1.54, 1.807) is 18.5 Å². The van der Waals surface area contributed by atoms with Crippen molar-refractivity contribution in [2.24, 2.45) is 4.99 Å². The van der Waals surface area contributed by atoms with Gasteiger partial charge < -0.3 is 9.64 Å². The molecule has 0 fully saturated rings. The van der Waals surface area contributed by atoms with Crippen molar-refractivity contribution in [3.05, 3.63) is 63.7 Å². The van der Waals surface area contributed by atoms with Crippen molar-refractivity contribution in [1.29, 1.82) is 0 Å². The summed E-state index contributed by atoms with van der Waals surface area (Å²) < 4.78 is 5.41. The molecule has 0 unspecified atom stereocenters. The quantitative estimate of drug-likeness (QED) is 0.391. The molecule has 0 atom stereocenters. The second-order valence-electron chi connectivity index (χ2n) is 6.31. The first kappa shape index (κ1) is 20.0. The monoisotopic (exact) mass is 372 g/mol. The summed E-state index contributed by atoms with van der Waals surface area (Å²) in [6, 6.07) is 11.6. The maximum Gasteiger partial charge on any atom is 0.338 e. The van der Waals surface area contributed by atoms with Gasteiger partial charge in [-0.2, -0.15) is 0 Å². The van der Waals surface area contributed by atoms with E-state index in [2.05, 4.69) is 17.1 Å². The van der Waals surface area contributed by atoms with E-state index in [4.69, 9.17) is 16.3 Å². The molecule has 0 spiro atoms. The Bertz CT molecular complexity index is 785. The average Bonchev–Trinajstić information content (AvgIpc) is 2.63. The van der Waals surface area contributed by atoms with Crippen LogP contribution < -0.4 is 0 Å². The van der Waals surface area contributed by atoms with E-state index in [-0.39, 0.29) is 5.97 Å². The molecular weight excluding hydrogens is 348 g/mol. The zero-order valence-electron chi connectivity index (χ0n) is 15.8. The molecule has 0 saturated carbocycles. The van der Waals surface area contributed by atoms with E-state index >= 15 is 0 Å². The van der Waals surface area contributed by atoms with Crippen LogP contribution in [0.1, 0.15) is 34.0 Å². The predicted octanol–water partition coefficient (Wildman–Crippen LogP) is 4.97. The fourth-order valence-electron chi connectivity index (χ4n) is 2.32. The van der Waals surface area contributed by atoms with Crippen LogP contribution in [-0.4, -0.2) is 37.4 Å². The molecule has 0 saturated heterocycles. The lowest BCUT2D eigenvalue weighted by atomic mass is 10.1. The minimum absolute atomic E-state index is 0.333. The van der Waals surface area contributed by atoms with E-state index in [1.807, 2.05) is 44.9 Å². The number of halogens is 1. The maximum absolute atomic E-state index is 12.4. The Morgan fingerprint density at radius 3 is 2.58 bits per heavy atom. The van der Waals surface area contributed by atoms with Gasteiger partial charge in [-0.1, -0.05) is 41.4 Å². The average molecular weight is 373 g/mol. The van der Waals surface area contributed by atoms with Crippen LogP contribution in [0, 0.1) is 13.8 Å². The molecule has 2 rings (SSSR count). The molecule has 0 aliphatic rings. The van der Waals surface area contributed by atoms with Gasteiger partial charge in [-0.25, -0.2) is 9.79 Å². The number of esters is 1. The van der Waals surface area contributed by atoms with E-state index < -0.39 is 0 Å². The molecule has 138 valence electrons. The highest BCUT2D eigenvalue weighted by Crippen LogP contribution is 2.28. The van der Waals surface area contributed by atoms with Gasteiger partial charge in [0.15, 0.2) is 0 Å². The molecule has 0 aliphatic heterocycles. The molecular formula is C21H25ClN2O2. The first-order valence-corrected chi connectivity index (χ1v) is 9.05.